The van der Waals surface area contributed by atoms with Crippen molar-refractivity contribution in [3.05, 3.63) is 12.3 Å². The number of hydrogen-bond acceptors (Lipinski definition) is 3. The smallest absolute Gasteiger partial charge is 0.297 e. The summed E-state index contributed by atoms with van der Waals surface area (Å²) in [7, 11) is 0. The van der Waals surface area contributed by atoms with E-state index in [1.54, 1.807) is 13.8 Å². The summed E-state index contributed by atoms with van der Waals surface area (Å²) in [5.74, 6) is -0.103. The molecule has 0 spiro atoms. The number of hydrogen-bond donors (Lipinski definition) is 0. The SMILES string of the molecule is CC(C)C(=O)/C=C/OC=O. The first-order valence-corrected chi connectivity index (χ1v) is 2.98. The molecule has 0 fully saturated rings. The molecule has 0 aromatic heterocycles. The maximum Gasteiger partial charge on any atom is 0.297 e. The Morgan fingerprint density at radius 1 is 1.50 bits per heavy atom. The van der Waals surface area contributed by atoms with Crippen LogP contribution in [0.1, 0.15) is 13.8 Å². The van der Waals surface area contributed by atoms with Gasteiger partial charge in [-0.25, -0.2) is 0 Å². The van der Waals surface area contributed by atoms with Crippen LogP contribution in [0.4, 0.5) is 0 Å². The minimum absolute atomic E-state index is 0.0495. The molecule has 0 aromatic rings. The van der Waals surface area contributed by atoms with Crippen molar-refractivity contribution in [1.29, 1.82) is 0 Å². The Labute approximate surface area is 59.7 Å². The Hall–Kier alpha value is -1.12. The normalized spacial score (nSPS) is 10.3. The van der Waals surface area contributed by atoms with Gasteiger partial charge in [0.2, 0.25) is 0 Å². The summed E-state index contributed by atoms with van der Waals surface area (Å²) in [5, 5.41) is 0. The van der Waals surface area contributed by atoms with Crippen LogP contribution in [0, 0.1) is 5.92 Å². The lowest BCUT2D eigenvalue weighted by Gasteiger charge is -1.94. The molecule has 0 radical (unpaired) electrons. The fourth-order valence-electron chi connectivity index (χ4n) is 0.331. The van der Waals surface area contributed by atoms with E-state index in [2.05, 4.69) is 4.74 Å². The van der Waals surface area contributed by atoms with E-state index in [4.69, 9.17) is 0 Å². The van der Waals surface area contributed by atoms with Crippen molar-refractivity contribution in [3.63, 3.8) is 0 Å². The summed E-state index contributed by atoms with van der Waals surface area (Å²) in [4.78, 5) is 20.3. The van der Waals surface area contributed by atoms with Gasteiger partial charge in [-0.15, -0.1) is 0 Å². The minimum Gasteiger partial charge on any atom is -0.437 e. The van der Waals surface area contributed by atoms with Crippen molar-refractivity contribution in [3.8, 4) is 0 Å². The van der Waals surface area contributed by atoms with Crippen LogP contribution < -0.4 is 0 Å². The lowest BCUT2D eigenvalue weighted by molar-refractivity contribution is -0.123. The van der Waals surface area contributed by atoms with Crippen LogP contribution in [-0.4, -0.2) is 12.3 Å². The molecule has 0 saturated heterocycles. The van der Waals surface area contributed by atoms with Crippen LogP contribution in [0.2, 0.25) is 0 Å². The molecule has 0 N–H and O–H groups in total. The Kier molecular flexibility index (Phi) is 4.20. The summed E-state index contributed by atoms with van der Waals surface area (Å²) in [6.45, 7) is 3.81. The summed E-state index contributed by atoms with van der Waals surface area (Å²) < 4.78 is 4.17. The summed E-state index contributed by atoms with van der Waals surface area (Å²) in [5.41, 5.74) is 0. The molecule has 0 rings (SSSR count). The molecule has 0 aliphatic rings. The lowest BCUT2D eigenvalue weighted by atomic mass is 10.1. The predicted octanol–water partition coefficient (Wildman–Crippen LogP) is 0.898. The first-order valence-electron chi connectivity index (χ1n) is 2.98. The Bertz CT molecular complexity index is 147. The van der Waals surface area contributed by atoms with Gasteiger partial charge >= 0.3 is 0 Å². The van der Waals surface area contributed by atoms with E-state index in [0.29, 0.717) is 0 Å². The van der Waals surface area contributed by atoms with Crippen molar-refractivity contribution in [2.24, 2.45) is 5.92 Å². The zero-order valence-corrected chi connectivity index (χ0v) is 6.03. The Morgan fingerprint density at radius 2 is 2.10 bits per heavy atom. The highest BCUT2D eigenvalue weighted by Gasteiger charge is 2.00. The molecule has 0 amide bonds. The molecule has 0 saturated carbocycles. The molecular formula is C7H10O3. The van der Waals surface area contributed by atoms with Crippen molar-refractivity contribution in [2.45, 2.75) is 13.8 Å². The highest BCUT2D eigenvalue weighted by Crippen LogP contribution is 1.94. The monoisotopic (exact) mass is 142 g/mol. The van der Waals surface area contributed by atoms with E-state index >= 15 is 0 Å². The van der Waals surface area contributed by atoms with Crippen LogP contribution in [-0.2, 0) is 14.3 Å². The number of carbonyl (C=O) groups is 2. The van der Waals surface area contributed by atoms with Gasteiger partial charge in [-0.05, 0) is 0 Å². The van der Waals surface area contributed by atoms with Gasteiger partial charge in [0.1, 0.15) is 0 Å². The number of ketones is 1. The third kappa shape index (κ3) is 3.83. The van der Waals surface area contributed by atoms with Gasteiger partial charge in [0.15, 0.2) is 5.78 Å². The van der Waals surface area contributed by atoms with Crippen LogP contribution in [0.5, 0.6) is 0 Å². The highest BCUT2D eigenvalue weighted by molar-refractivity contribution is 5.90. The Balaban J connectivity index is 3.66. The van der Waals surface area contributed by atoms with Gasteiger partial charge < -0.3 is 4.74 Å². The quantitative estimate of drug-likeness (QED) is 0.332. The second-order valence-electron chi connectivity index (χ2n) is 2.09. The summed E-state index contributed by atoms with van der Waals surface area (Å²) >= 11 is 0. The predicted molar refractivity (Wildman–Crippen MR) is 36.1 cm³/mol. The molecule has 0 heterocycles. The van der Waals surface area contributed by atoms with E-state index in [1.807, 2.05) is 0 Å². The molecule has 0 aliphatic carbocycles. The average Bonchev–Trinajstić information content (AvgIpc) is 1.88. The maximum atomic E-state index is 10.7. The largest absolute Gasteiger partial charge is 0.437 e. The fraction of sp³-hybridized carbons (Fsp3) is 0.429. The van der Waals surface area contributed by atoms with Crippen molar-refractivity contribution < 1.29 is 14.3 Å². The van der Waals surface area contributed by atoms with E-state index in [1.165, 1.54) is 6.08 Å². The molecule has 10 heavy (non-hydrogen) atoms. The second kappa shape index (κ2) is 4.73. The number of ether oxygens (including phenoxy) is 1. The zero-order chi connectivity index (χ0) is 7.98. The molecule has 3 heteroatoms. The van der Waals surface area contributed by atoms with Crippen LogP contribution >= 0.6 is 0 Å². The van der Waals surface area contributed by atoms with Crippen LogP contribution in [0.15, 0.2) is 12.3 Å². The number of rotatable bonds is 4. The van der Waals surface area contributed by atoms with Crippen LogP contribution in [0.3, 0.4) is 0 Å². The first kappa shape index (κ1) is 8.88. The van der Waals surface area contributed by atoms with Gasteiger partial charge in [-0.1, -0.05) is 13.8 Å². The van der Waals surface area contributed by atoms with Gasteiger partial charge in [0.25, 0.3) is 6.47 Å². The van der Waals surface area contributed by atoms with Crippen molar-refractivity contribution in [2.75, 3.05) is 0 Å². The van der Waals surface area contributed by atoms with E-state index in [0.717, 1.165) is 6.26 Å². The van der Waals surface area contributed by atoms with Crippen LogP contribution in [0.25, 0.3) is 0 Å². The van der Waals surface area contributed by atoms with Gasteiger partial charge in [-0.2, -0.15) is 0 Å². The molecule has 0 atom stereocenters. The molecule has 56 valence electrons. The van der Waals surface area contributed by atoms with E-state index in [-0.39, 0.29) is 18.2 Å². The zero-order valence-electron chi connectivity index (χ0n) is 6.03. The molecule has 3 nitrogen and oxygen atoms in total. The second-order valence-corrected chi connectivity index (χ2v) is 2.09. The lowest BCUT2D eigenvalue weighted by Crippen LogP contribution is -2.02. The molecule has 0 unspecified atom stereocenters. The Morgan fingerprint density at radius 3 is 2.50 bits per heavy atom. The van der Waals surface area contributed by atoms with Crippen molar-refractivity contribution in [1.82, 2.24) is 0 Å². The minimum atomic E-state index is -0.0538. The topological polar surface area (TPSA) is 43.4 Å². The van der Waals surface area contributed by atoms with E-state index < -0.39 is 0 Å². The average molecular weight is 142 g/mol. The first-order chi connectivity index (χ1) is 4.68. The van der Waals surface area contributed by atoms with Gasteiger partial charge in [0, 0.05) is 12.0 Å². The molecule has 0 aliphatic heterocycles. The number of allylic oxidation sites excluding steroid dienone is 1. The van der Waals surface area contributed by atoms with E-state index in [9.17, 15) is 9.59 Å². The maximum absolute atomic E-state index is 10.7. The summed E-state index contributed by atoms with van der Waals surface area (Å²) in [6, 6.07) is 0. The number of carbonyl (C=O) groups excluding carboxylic acids is 2. The summed E-state index contributed by atoms with van der Waals surface area (Å²) in [6.07, 6.45) is 2.31. The van der Waals surface area contributed by atoms with Gasteiger partial charge in [-0.3, -0.25) is 9.59 Å². The molecule has 0 aromatic carbocycles. The highest BCUT2D eigenvalue weighted by atomic mass is 16.5. The molecular weight excluding hydrogens is 132 g/mol. The third-order valence-corrected chi connectivity index (χ3v) is 0.935. The fourth-order valence-corrected chi connectivity index (χ4v) is 0.331. The van der Waals surface area contributed by atoms with Crippen molar-refractivity contribution >= 4 is 12.3 Å². The third-order valence-electron chi connectivity index (χ3n) is 0.935. The molecule has 0 bridgehead atoms. The standard InChI is InChI=1S/C7H10O3/c1-6(2)7(9)3-4-10-5-8/h3-6H,1-2H3/b4-3+. The van der Waals surface area contributed by atoms with Gasteiger partial charge in [0.05, 0.1) is 6.26 Å².